The molecule has 0 radical (unpaired) electrons. The number of rotatable bonds is 2. The quantitative estimate of drug-likeness (QED) is 0.463. The summed E-state index contributed by atoms with van der Waals surface area (Å²) >= 11 is 0. The van der Waals surface area contributed by atoms with E-state index in [0.29, 0.717) is 6.42 Å². The van der Waals surface area contributed by atoms with E-state index in [4.69, 9.17) is 5.84 Å². The van der Waals surface area contributed by atoms with E-state index < -0.39 is 9.84 Å². The Morgan fingerprint density at radius 2 is 2.24 bits per heavy atom. The first-order chi connectivity index (χ1) is 7.94. The van der Waals surface area contributed by atoms with Crippen molar-refractivity contribution in [1.29, 1.82) is 0 Å². The van der Waals surface area contributed by atoms with Gasteiger partial charge in [0.2, 0.25) is 0 Å². The van der Waals surface area contributed by atoms with Gasteiger partial charge in [-0.05, 0) is 20.3 Å². The van der Waals surface area contributed by atoms with Crippen LogP contribution in [0.4, 0.5) is 0 Å². The van der Waals surface area contributed by atoms with Gasteiger partial charge in [-0.1, -0.05) is 0 Å². The van der Waals surface area contributed by atoms with E-state index in [1.165, 1.54) is 0 Å². The van der Waals surface area contributed by atoms with Gasteiger partial charge < -0.3 is 5.84 Å². The maximum Gasteiger partial charge on any atom is 0.152 e. The highest BCUT2D eigenvalue weighted by Gasteiger charge is 2.31. The molecule has 2 rings (SSSR count). The highest BCUT2D eigenvalue weighted by atomic mass is 32.2. The van der Waals surface area contributed by atoms with Crippen molar-refractivity contribution in [2.75, 3.05) is 11.5 Å². The standard InChI is InChI=1S/C10H16N4O2S/c1-7-10(5-12-11)8(2)14(13-7)9-3-4-17(15,16)6-9/h5,9H,3-4,6,11H2,1-2H3/b12-5-/t9-/m1/s1. The van der Waals surface area contributed by atoms with Crippen LogP contribution in [0.1, 0.15) is 29.4 Å². The minimum absolute atomic E-state index is 0.0568. The lowest BCUT2D eigenvalue weighted by molar-refractivity contribution is 0.486. The first-order valence-electron chi connectivity index (χ1n) is 5.44. The molecule has 0 aromatic carbocycles. The second-order valence-corrected chi connectivity index (χ2v) is 6.59. The first kappa shape index (κ1) is 12.1. The Bertz CT molecular complexity index is 559. The highest BCUT2D eigenvalue weighted by Crippen LogP contribution is 2.26. The lowest BCUT2D eigenvalue weighted by atomic mass is 10.2. The molecule has 0 spiro atoms. The second-order valence-electron chi connectivity index (χ2n) is 4.36. The van der Waals surface area contributed by atoms with E-state index >= 15 is 0 Å². The lowest BCUT2D eigenvalue weighted by Gasteiger charge is -2.10. The Balaban J connectivity index is 2.38. The molecular weight excluding hydrogens is 240 g/mol. The van der Waals surface area contributed by atoms with Crippen LogP contribution in [-0.2, 0) is 9.84 Å². The van der Waals surface area contributed by atoms with Gasteiger partial charge in [0.15, 0.2) is 9.84 Å². The summed E-state index contributed by atoms with van der Waals surface area (Å²) in [6.07, 6.45) is 2.18. The smallest absolute Gasteiger partial charge is 0.152 e. The summed E-state index contributed by atoms with van der Waals surface area (Å²) in [5.74, 6) is 5.56. The molecule has 1 aliphatic heterocycles. The van der Waals surface area contributed by atoms with Crippen molar-refractivity contribution < 1.29 is 8.42 Å². The zero-order valence-corrected chi connectivity index (χ0v) is 10.7. The fraction of sp³-hybridized carbons (Fsp3) is 0.600. The molecule has 1 aliphatic rings. The van der Waals surface area contributed by atoms with Gasteiger partial charge in [-0.3, -0.25) is 4.68 Å². The number of aryl methyl sites for hydroxylation is 1. The molecule has 1 fully saturated rings. The molecular formula is C10H16N4O2S. The number of hydrogen-bond acceptors (Lipinski definition) is 5. The third-order valence-electron chi connectivity index (χ3n) is 3.14. The van der Waals surface area contributed by atoms with Gasteiger partial charge in [-0.2, -0.15) is 10.2 Å². The van der Waals surface area contributed by atoms with Gasteiger partial charge in [0.25, 0.3) is 0 Å². The van der Waals surface area contributed by atoms with Crippen molar-refractivity contribution in [3.63, 3.8) is 0 Å². The molecule has 0 saturated carbocycles. The number of nitrogens with two attached hydrogens (primary N) is 1. The van der Waals surface area contributed by atoms with Crippen LogP contribution in [-0.4, -0.2) is 35.9 Å². The molecule has 94 valence electrons. The van der Waals surface area contributed by atoms with Gasteiger partial charge in [-0.15, -0.1) is 0 Å². The highest BCUT2D eigenvalue weighted by molar-refractivity contribution is 7.91. The number of aromatic nitrogens is 2. The fourth-order valence-electron chi connectivity index (χ4n) is 2.26. The average Bonchev–Trinajstić information content (AvgIpc) is 2.73. The molecule has 2 heterocycles. The molecule has 1 atom stereocenters. The van der Waals surface area contributed by atoms with Gasteiger partial charge in [0, 0.05) is 11.3 Å². The molecule has 1 aromatic heterocycles. The molecule has 17 heavy (non-hydrogen) atoms. The predicted octanol–water partition coefficient (Wildman–Crippen LogP) is 0.152. The van der Waals surface area contributed by atoms with Crippen molar-refractivity contribution in [2.45, 2.75) is 26.3 Å². The van der Waals surface area contributed by atoms with E-state index in [2.05, 4.69) is 10.2 Å². The molecule has 7 heteroatoms. The molecule has 0 aliphatic carbocycles. The third kappa shape index (κ3) is 2.19. The van der Waals surface area contributed by atoms with Crippen molar-refractivity contribution in [2.24, 2.45) is 10.9 Å². The lowest BCUT2D eigenvalue weighted by Crippen LogP contribution is -2.14. The normalized spacial score (nSPS) is 23.5. The van der Waals surface area contributed by atoms with Crippen LogP contribution in [0.5, 0.6) is 0 Å². The van der Waals surface area contributed by atoms with Gasteiger partial charge >= 0.3 is 0 Å². The van der Waals surface area contributed by atoms with Crippen LogP contribution in [0.15, 0.2) is 5.10 Å². The average molecular weight is 256 g/mol. The van der Waals surface area contributed by atoms with E-state index in [1.54, 1.807) is 10.9 Å². The zero-order valence-electron chi connectivity index (χ0n) is 9.92. The first-order valence-corrected chi connectivity index (χ1v) is 7.26. The van der Waals surface area contributed by atoms with Crippen molar-refractivity contribution in [1.82, 2.24) is 9.78 Å². The van der Waals surface area contributed by atoms with Crippen molar-refractivity contribution in [3.05, 3.63) is 17.0 Å². The Morgan fingerprint density at radius 1 is 1.53 bits per heavy atom. The minimum Gasteiger partial charge on any atom is -0.323 e. The zero-order chi connectivity index (χ0) is 12.6. The van der Waals surface area contributed by atoms with Crippen molar-refractivity contribution in [3.8, 4) is 0 Å². The molecule has 0 amide bonds. The van der Waals surface area contributed by atoms with Crippen molar-refractivity contribution >= 4 is 16.1 Å². The van der Waals surface area contributed by atoms with Crippen LogP contribution >= 0.6 is 0 Å². The minimum atomic E-state index is -2.90. The van der Waals surface area contributed by atoms with Crippen LogP contribution in [0.2, 0.25) is 0 Å². The summed E-state index contributed by atoms with van der Waals surface area (Å²) in [5.41, 5.74) is 2.61. The fourth-order valence-corrected chi connectivity index (χ4v) is 3.95. The number of nitrogens with zero attached hydrogens (tertiary/aromatic N) is 3. The van der Waals surface area contributed by atoms with E-state index in [-0.39, 0.29) is 17.5 Å². The number of hydrogen-bond donors (Lipinski definition) is 1. The third-order valence-corrected chi connectivity index (χ3v) is 4.89. The summed E-state index contributed by atoms with van der Waals surface area (Å²) in [5, 5.41) is 7.88. The Labute approximate surface area is 100 Å². The molecule has 1 saturated heterocycles. The summed E-state index contributed by atoms with van der Waals surface area (Å²) in [6.45, 7) is 3.77. The SMILES string of the molecule is Cc1nn([C@@H]2CCS(=O)(=O)C2)c(C)c1/C=N\N. The van der Waals surface area contributed by atoms with E-state index in [0.717, 1.165) is 17.0 Å². The maximum absolute atomic E-state index is 11.5. The number of sulfone groups is 1. The molecule has 0 unspecified atom stereocenters. The summed E-state index contributed by atoms with van der Waals surface area (Å²) in [4.78, 5) is 0. The molecule has 0 bridgehead atoms. The summed E-state index contributed by atoms with van der Waals surface area (Å²) < 4.78 is 24.7. The molecule has 2 N–H and O–H groups in total. The van der Waals surface area contributed by atoms with Crippen LogP contribution in [0.3, 0.4) is 0 Å². The molecule has 1 aromatic rings. The van der Waals surface area contributed by atoms with E-state index in [9.17, 15) is 8.42 Å². The monoisotopic (exact) mass is 256 g/mol. The summed E-state index contributed by atoms with van der Waals surface area (Å²) in [6, 6.07) is -0.0568. The summed E-state index contributed by atoms with van der Waals surface area (Å²) in [7, 11) is -2.90. The van der Waals surface area contributed by atoms with Gasteiger partial charge in [0.05, 0.1) is 29.5 Å². The Morgan fingerprint density at radius 3 is 2.76 bits per heavy atom. The van der Waals surface area contributed by atoms with Crippen LogP contribution < -0.4 is 5.84 Å². The van der Waals surface area contributed by atoms with Crippen LogP contribution in [0.25, 0.3) is 0 Å². The van der Waals surface area contributed by atoms with E-state index in [1.807, 2.05) is 13.8 Å². The van der Waals surface area contributed by atoms with Gasteiger partial charge in [-0.25, -0.2) is 8.42 Å². The van der Waals surface area contributed by atoms with Crippen LogP contribution in [0, 0.1) is 13.8 Å². The Kier molecular flexibility index (Phi) is 2.94. The predicted molar refractivity (Wildman–Crippen MR) is 65.8 cm³/mol. The second kappa shape index (κ2) is 4.14. The Hall–Kier alpha value is -1.37. The largest absolute Gasteiger partial charge is 0.323 e. The molecule has 6 nitrogen and oxygen atoms in total. The topological polar surface area (TPSA) is 90.3 Å². The number of hydrazone groups is 1. The maximum atomic E-state index is 11.5. The van der Waals surface area contributed by atoms with Gasteiger partial charge in [0.1, 0.15) is 0 Å².